The Morgan fingerprint density at radius 1 is 1.30 bits per heavy atom. The van der Waals surface area contributed by atoms with Gasteiger partial charge in [-0.15, -0.1) is 12.4 Å². The van der Waals surface area contributed by atoms with Crippen LogP contribution in [0.25, 0.3) is 0 Å². The van der Waals surface area contributed by atoms with Gasteiger partial charge in [-0.1, -0.05) is 18.2 Å². The molecule has 8 heteroatoms. The summed E-state index contributed by atoms with van der Waals surface area (Å²) in [5.41, 5.74) is 8.74. The zero-order valence-corrected chi connectivity index (χ0v) is 15.5. The zero-order chi connectivity index (χ0) is 18.5. The second kappa shape index (κ2) is 9.23. The molecule has 3 N–H and O–H groups in total. The van der Waals surface area contributed by atoms with Crippen molar-refractivity contribution in [2.45, 2.75) is 31.7 Å². The number of hydrogen-bond donors (Lipinski definition) is 2. The van der Waals surface area contributed by atoms with E-state index in [1.54, 1.807) is 12.1 Å². The van der Waals surface area contributed by atoms with Crippen LogP contribution in [0.3, 0.4) is 0 Å². The van der Waals surface area contributed by atoms with Crippen LogP contribution in [0.4, 0.5) is 11.4 Å². The normalized spacial score (nSPS) is 15.2. The Balaban J connectivity index is 0.00000261. The van der Waals surface area contributed by atoms with E-state index in [0.717, 1.165) is 30.5 Å². The second-order valence-electron chi connectivity index (χ2n) is 6.29. The lowest BCUT2D eigenvalue weighted by molar-refractivity contribution is -0.385. The summed E-state index contributed by atoms with van der Waals surface area (Å²) in [6, 6.07) is 11.9. The number of amides is 1. The van der Waals surface area contributed by atoms with Gasteiger partial charge in [0.1, 0.15) is 0 Å². The highest BCUT2D eigenvalue weighted by Gasteiger charge is 2.22. The summed E-state index contributed by atoms with van der Waals surface area (Å²) in [6.07, 6.45) is 2.97. The van der Waals surface area contributed by atoms with Gasteiger partial charge >= 0.3 is 5.69 Å². The number of nitrogens with one attached hydrogen (secondary N) is 1. The van der Waals surface area contributed by atoms with Crippen molar-refractivity contribution in [2.24, 2.45) is 0 Å². The van der Waals surface area contributed by atoms with E-state index in [4.69, 9.17) is 10.5 Å². The number of nitro groups is 1. The van der Waals surface area contributed by atoms with E-state index in [1.165, 1.54) is 17.7 Å². The highest BCUT2D eigenvalue weighted by atomic mass is 35.5. The van der Waals surface area contributed by atoms with E-state index >= 15 is 0 Å². The minimum Gasteiger partial charge on any atom is -0.486 e. The summed E-state index contributed by atoms with van der Waals surface area (Å²) in [4.78, 5) is 22.7. The molecule has 0 aromatic heterocycles. The molecule has 0 radical (unpaired) electrons. The number of benzene rings is 2. The Hall–Kier alpha value is -2.80. The van der Waals surface area contributed by atoms with E-state index in [0.29, 0.717) is 0 Å². The molecule has 0 saturated carbocycles. The molecule has 0 fully saturated rings. The maximum absolute atomic E-state index is 12.2. The monoisotopic (exact) mass is 391 g/mol. The van der Waals surface area contributed by atoms with Crippen molar-refractivity contribution >= 4 is 29.7 Å². The van der Waals surface area contributed by atoms with Crippen molar-refractivity contribution in [2.75, 3.05) is 12.3 Å². The van der Waals surface area contributed by atoms with Gasteiger partial charge in [-0.3, -0.25) is 14.9 Å². The molecular formula is C19H22ClN3O4. The number of hydrogen-bond acceptors (Lipinski definition) is 5. The zero-order valence-electron chi connectivity index (χ0n) is 14.7. The van der Waals surface area contributed by atoms with E-state index in [9.17, 15) is 14.9 Å². The number of halogens is 1. The predicted molar refractivity (Wildman–Crippen MR) is 105 cm³/mol. The third kappa shape index (κ3) is 5.10. The van der Waals surface area contributed by atoms with Crippen molar-refractivity contribution in [1.29, 1.82) is 0 Å². The minimum absolute atomic E-state index is 0. The van der Waals surface area contributed by atoms with Crippen LogP contribution < -0.4 is 15.8 Å². The van der Waals surface area contributed by atoms with E-state index < -0.39 is 4.92 Å². The maximum Gasteiger partial charge on any atom is 0.310 e. The fourth-order valence-electron chi connectivity index (χ4n) is 3.23. The lowest BCUT2D eigenvalue weighted by Crippen LogP contribution is -2.31. The summed E-state index contributed by atoms with van der Waals surface area (Å²) >= 11 is 0. The van der Waals surface area contributed by atoms with Gasteiger partial charge in [0, 0.05) is 11.8 Å². The van der Waals surface area contributed by atoms with Gasteiger partial charge in [0.25, 0.3) is 0 Å². The molecule has 7 nitrogen and oxygen atoms in total. The third-order valence-corrected chi connectivity index (χ3v) is 4.47. The molecule has 144 valence electrons. The van der Waals surface area contributed by atoms with Crippen LogP contribution in [0.1, 0.15) is 36.4 Å². The summed E-state index contributed by atoms with van der Waals surface area (Å²) in [5.74, 6) is 0.0297. The summed E-state index contributed by atoms with van der Waals surface area (Å²) in [6.45, 7) is 0.0814. The van der Waals surface area contributed by atoms with Crippen LogP contribution in [0.15, 0.2) is 42.5 Å². The molecule has 0 spiro atoms. The average molecular weight is 392 g/mol. The number of fused-ring (bicyclic) bond motifs is 1. The molecule has 0 heterocycles. The Morgan fingerprint density at radius 3 is 2.85 bits per heavy atom. The number of carbonyl (C=O) groups excluding carboxylic acids is 1. The molecule has 0 saturated heterocycles. The average Bonchev–Trinajstić information content (AvgIpc) is 2.62. The maximum atomic E-state index is 12.2. The predicted octanol–water partition coefficient (Wildman–Crippen LogP) is 3.56. The first-order valence-electron chi connectivity index (χ1n) is 8.58. The van der Waals surface area contributed by atoms with Gasteiger partial charge in [-0.2, -0.15) is 0 Å². The minimum atomic E-state index is -0.500. The van der Waals surface area contributed by atoms with Crippen LogP contribution >= 0.6 is 12.4 Å². The smallest absolute Gasteiger partial charge is 0.310 e. The van der Waals surface area contributed by atoms with Crippen molar-refractivity contribution < 1.29 is 14.5 Å². The number of para-hydroxylation sites is 2. The van der Waals surface area contributed by atoms with E-state index in [1.807, 2.05) is 18.2 Å². The molecular weight excluding hydrogens is 370 g/mol. The SMILES string of the molecule is Cl.Nc1ccc2c(c1)CCCC2NC(=O)CCOc1ccccc1[N+](=O)[O-]. The van der Waals surface area contributed by atoms with Crippen LogP contribution in [-0.4, -0.2) is 17.4 Å². The first-order valence-corrected chi connectivity index (χ1v) is 8.58. The summed E-state index contributed by atoms with van der Waals surface area (Å²) < 4.78 is 5.42. The summed E-state index contributed by atoms with van der Waals surface area (Å²) in [7, 11) is 0. The molecule has 27 heavy (non-hydrogen) atoms. The molecule has 0 bridgehead atoms. The number of carbonyl (C=O) groups is 1. The lowest BCUT2D eigenvalue weighted by Gasteiger charge is -2.26. The van der Waals surface area contributed by atoms with Crippen molar-refractivity contribution in [3.8, 4) is 5.75 Å². The van der Waals surface area contributed by atoms with Gasteiger partial charge in [0.2, 0.25) is 5.91 Å². The summed E-state index contributed by atoms with van der Waals surface area (Å²) in [5, 5.41) is 14.0. The fourth-order valence-corrected chi connectivity index (χ4v) is 3.23. The molecule has 1 aliphatic carbocycles. The Kier molecular flexibility index (Phi) is 7.01. The Bertz CT molecular complexity index is 828. The molecule has 3 rings (SSSR count). The number of aryl methyl sites for hydroxylation is 1. The number of nitrogens with zero attached hydrogens (tertiary/aromatic N) is 1. The number of rotatable bonds is 6. The van der Waals surface area contributed by atoms with Gasteiger partial charge in [0.15, 0.2) is 5.75 Å². The van der Waals surface area contributed by atoms with Crippen molar-refractivity contribution in [1.82, 2.24) is 5.32 Å². The van der Waals surface area contributed by atoms with Gasteiger partial charge in [-0.25, -0.2) is 0 Å². The molecule has 1 atom stereocenters. The van der Waals surface area contributed by atoms with E-state index in [-0.39, 0.29) is 48.8 Å². The van der Waals surface area contributed by atoms with Gasteiger partial charge < -0.3 is 15.8 Å². The third-order valence-electron chi connectivity index (χ3n) is 4.47. The molecule has 2 aromatic rings. The van der Waals surface area contributed by atoms with Crippen LogP contribution in [0.2, 0.25) is 0 Å². The highest BCUT2D eigenvalue weighted by Crippen LogP contribution is 2.31. The number of nitrogen functional groups attached to an aromatic ring is 1. The van der Waals surface area contributed by atoms with Crippen LogP contribution in [0.5, 0.6) is 5.75 Å². The number of nitrogens with two attached hydrogens (primary N) is 1. The molecule has 2 aromatic carbocycles. The van der Waals surface area contributed by atoms with Crippen LogP contribution in [0, 0.1) is 10.1 Å². The topological polar surface area (TPSA) is 107 Å². The standard InChI is InChI=1S/C19H21N3O4.ClH/c20-14-8-9-15-13(12-14)4-3-5-16(15)21-19(23)10-11-26-18-7-2-1-6-17(18)22(24)25;/h1-2,6-9,12,16H,3-5,10-11,20H2,(H,21,23);1H. The molecule has 1 unspecified atom stereocenters. The fraction of sp³-hybridized carbons (Fsp3) is 0.316. The molecule has 1 amide bonds. The van der Waals surface area contributed by atoms with Crippen molar-refractivity contribution in [3.05, 3.63) is 63.7 Å². The number of nitro benzene ring substituents is 1. The molecule has 1 aliphatic rings. The highest BCUT2D eigenvalue weighted by molar-refractivity contribution is 5.85. The van der Waals surface area contributed by atoms with Gasteiger partial charge in [0.05, 0.1) is 24.0 Å². The van der Waals surface area contributed by atoms with E-state index in [2.05, 4.69) is 5.32 Å². The Labute approximate surface area is 163 Å². The lowest BCUT2D eigenvalue weighted by atomic mass is 9.87. The quantitative estimate of drug-likeness (QED) is 0.444. The van der Waals surface area contributed by atoms with Crippen molar-refractivity contribution in [3.63, 3.8) is 0 Å². The first kappa shape index (κ1) is 20.5. The Morgan fingerprint density at radius 2 is 2.07 bits per heavy atom. The van der Waals surface area contributed by atoms with Gasteiger partial charge in [-0.05, 0) is 48.6 Å². The number of ether oxygens (including phenoxy) is 1. The largest absolute Gasteiger partial charge is 0.486 e. The molecule has 0 aliphatic heterocycles. The number of anilines is 1. The first-order chi connectivity index (χ1) is 12.5. The second-order valence-corrected chi connectivity index (χ2v) is 6.29. The van der Waals surface area contributed by atoms with Crippen LogP contribution in [-0.2, 0) is 11.2 Å².